The Morgan fingerprint density at radius 3 is 2.80 bits per heavy atom. The highest BCUT2D eigenvalue weighted by molar-refractivity contribution is 7.91. The molecule has 8 nitrogen and oxygen atoms in total. The first-order valence-electron chi connectivity index (χ1n) is 6.00. The Bertz CT molecular complexity index is 590. The molecule has 1 aromatic heterocycles. The van der Waals surface area contributed by atoms with Crippen molar-refractivity contribution in [1.82, 2.24) is 4.31 Å². The molecule has 1 aromatic rings. The molecule has 1 N–H and O–H groups in total. The Labute approximate surface area is 120 Å². The molecule has 1 fully saturated rings. The fourth-order valence-corrected chi connectivity index (χ4v) is 4.79. The second-order valence-electron chi connectivity index (χ2n) is 4.16. The highest BCUT2D eigenvalue weighted by Gasteiger charge is 2.31. The van der Waals surface area contributed by atoms with Gasteiger partial charge in [0.15, 0.2) is 5.00 Å². The fourth-order valence-electron chi connectivity index (χ4n) is 1.89. The first kappa shape index (κ1) is 15.2. The van der Waals surface area contributed by atoms with Crippen molar-refractivity contribution in [2.75, 3.05) is 38.7 Å². The van der Waals surface area contributed by atoms with Crippen molar-refractivity contribution in [3.63, 3.8) is 0 Å². The Morgan fingerprint density at radius 2 is 2.20 bits per heavy atom. The maximum absolute atomic E-state index is 12.5. The van der Waals surface area contributed by atoms with E-state index in [0.29, 0.717) is 26.2 Å². The molecule has 0 saturated carbocycles. The molecule has 0 unspecified atom stereocenters. The van der Waals surface area contributed by atoms with Crippen molar-refractivity contribution in [2.24, 2.45) is 0 Å². The quantitative estimate of drug-likeness (QED) is 0.658. The van der Waals surface area contributed by atoms with E-state index in [1.54, 1.807) is 0 Å². The van der Waals surface area contributed by atoms with Crippen LogP contribution in [0.4, 0.5) is 10.7 Å². The van der Waals surface area contributed by atoms with Crippen LogP contribution in [0.2, 0.25) is 0 Å². The zero-order chi connectivity index (χ0) is 14.8. The second-order valence-corrected chi connectivity index (χ2v) is 7.37. The Kier molecular flexibility index (Phi) is 4.58. The normalized spacial score (nSPS) is 17.6. The van der Waals surface area contributed by atoms with Gasteiger partial charge >= 0.3 is 5.69 Å². The van der Waals surface area contributed by atoms with E-state index in [1.807, 2.05) is 0 Å². The molecule has 112 valence electrons. The first-order chi connectivity index (χ1) is 9.46. The van der Waals surface area contributed by atoms with Crippen LogP contribution in [0.25, 0.3) is 0 Å². The molecule has 0 aromatic carbocycles. The molecule has 0 spiro atoms. The summed E-state index contributed by atoms with van der Waals surface area (Å²) in [5.41, 5.74) is -0.220. The molecule has 0 aliphatic carbocycles. The van der Waals surface area contributed by atoms with Crippen molar-refractivity contribution in [1.29, 1.82) is 0 Å². The number of nitrogens with one attached hydrogen (secondary N) is 1. The molecular weight excluding hydrogens is 306 g/mol. The van der Waals surface area contributed by atoms with Gasteiger partial charge in [-0.1, -0.05) is 11.3 Å². The molecular formula is C10H15N3O5S2. The van der Waals surface area contributed by atoms with Crippen LogP contribution in [0.1, 0.15) is 6.42 Å². The Balaban J connectivity index is 2.35. The Morgan fingerprint density at radius 1 is 1.45 bits per heavy atom. The molecule has 2 heterocycles. The molecule has 0 atom stereocenters. The minimum atomic E-state index is -3.70. The van der Waals surface area contributed by atoms with Gasteiger partial charge < -0.3 is 10.1 Å². The van der Waals surface area contributed by atoms with Crippen LogP contribution in [0.5, 0.6) is 0 Å². The second kappa shape index (κ2) is 6.04. The third-order valence-electron chi connectivity index (χ3n) is 2.89. The van der Waals surface area contributed by atoms with Crippen LogP contribution < -0.4 is 5.32 Å². The summed E-state index contributed by atoms with van der Waals surface area (Å²) in [6.45, 7) is 1.50. The number of hydrogen-bond acceptors (Lipinski definition) is 7. The molecule has 1 aliphatic rings. The predicted octanol–water partition coefficient (Wildman–Crippen LogP) is 1.11. The highest BCUT2D eigenvalue weighted by atomic mass is 32.2. The average Bonchev–Trinajstić information content (AvgIpc) is 2.66. The number of ether oxygens (including phenoxy) is 1. The van der Waals surface area contributed by atoms with Crippen LogP contribution in [0.3, 0.4) is 0 Å². The van der Waals surface area contributed by atoms with Crippen molar-refractivity contribution >= 4 is 32.0 Å². The first-order valence-corrected chi connectivity index (χ1v) is 8.26. The van der Waals surface area contributed by atoms with Gasteiger partial charge in [-0.25, -0.2) is 8.42 Å². The lowest BCUT2D eigenvalue weighted by atomic mass is 10.5. The number of sulfonamides is 1. The molecule has 2 rings (SSSR count). The number of nitro groups is 1. The standard InChI is InChI=1S/C10H15N3O5S2/c1-11-10-8(13(14)15)7-9(19-10)20(16,17)12-3-2-5-18-6-4-12/h7,11H,2-6H2,1H3. The lowest BCUT2D eigenvalue weighted by Gasteiger charge is -2.17. The van der Waals surface area contributed by atoms with Crippen LogP contribution in [-0.4, -0.2) is 51.0 Å². The third-order valence-corrected chi connectivity index (χ3v) is 6.38. The van der Waals surface area contributed by atoms with Crippen molar-refractivity contribution < 1.29 is 18.1 Å². The molecule has 0 radical (unpaired) electrons. The van der Waals surface area contributed by atoms with Crippen LogP contribution in [0.15, 0.2) is 10.3 Å². The summed E-state index contributed by atoms with van der Waals surface area (Å²) in [6, 6.07) is 1.11. The van der Waals surface area contributed by atoms with Gasteiger partial charge in [0, 0.05) is 32.8 Å². The third kappa shape index (κ3) is 2.92. The van der Waals surface area contributed by atoms with E-state index in [4.69, 9.17) is 4.74 Å². The predicted molar refractivity (Wildman–Crippen MR) is 74.7 cm³/mol. The maximum atomic E-state index is 12.5. The molecule has 0 amide bonds. The van der Waals surface area contributed by atoms with E-state index < -0.39 is 14.9 Å². The molecule has 10 heteroatoms. The van der Waals surface area contributed by atoms with Gasteiger partial charge in [-0.2, -0.15) is 4.31 Å². The van der Waals surface area contributed by atoms with E-state index in [9.17, 15) is 18.5 Å². The van der Waals surface area contributed by atoms with Gasteiger partial charge in [0.25, 0.3) is 10.0 Å². The van der Waals surface area contributed by atoms with E-state index in [0.717, 1.165) is 17.4 Å². The number of anilines is 1. The smallest absolute Gasteiger partial charge is 0.304 e. The fraction of sp³-hybridized carbons (Fsp3) is 0.600. The zero-order valence-electron chi connectivity index (χ0n) is 10.9. The topological polar surface area (TPSA) is 102 Å². The van der Waals surface area contributed by atoms with Crippen molar-refractivity contribution in [3.05, 3.63) is 16.2 Å². The van der Waals surface area contributed by atoms with Gasteiger partial charge in [0.05, 0.1) is 11.5 Å². The lowest BCUT2D eigenvalue weighted by molar-refractivity contribution is -0.383. The van der Waals surface area contributed by atoms with E-state index in [1.165, 1.54) is 11.4 Å². The minimum Gasteiger partial charge on any atom is -0.380 e. The summed E-state index contributed by atoms with van der Waals surface area (Å²) in [5, 5.41) is 13.8. The summed E-state index contributed by atoms with van der Waals surface area (Å²) in [4.78, 5) is 10.3. The van der Waals surface area contributed by atoms with Gasteiger partial charge in [0.2, 0.25) is 0 Å². The van der Waals surface area contributed by atoms with Gasteiger partial charge in [-0.15, -0.1) is 0 Å². The van der Waals surface area contributed by atoms with E-state index in [-0.39, 0.29) is 21.4 Å². The average molecular weight is 321 g/mol. The van der Waals surface area contributed by atoms with Gasteiger partial charge in [-0.05, 0) is 6.42 Å². The van der Waals surface area contributed by atoms with E-state index in [2.05, 4.69) is 5.32 Å². The van der Waals surface area contributed by atoms with Crippen LogP contribution >= 0.6 is 11.3 Å². The minimum absolute atomic E-state index is 0.0181. The molecule has 20 heavy (non-hydrogen) atoms. The highest BCUT2D eigenvalue weighted by Crippen LogP contribution is 2.37. The van der Waals surface area contributed by atoms with E-state index >= 15 is 0 Å². The number of nitrogens with zero attached hydrogens (tertiary/aromatic N) is 2. The Hall–Kier alpha value is -1.23. The lowest BCUT2D eigenvalue weighted by Crippen LogP contribution is -2.32. The molecule has 1 saturated heterocycles. The summed E-state index contributed by atoms with van der Waals surface area (Å²) < 4.78 is 31.5. The zero-order valence-corrected chi connectivity index (χ0v) is 12.5. The summed E-state index contributed by atoms with van der Waals surface area (Å²) in [6.07, 6.45) is 0.617. The number of rotatable bonds is 4. The number of hydrogen-bond donors (Lipinski definition) is 1. The molecule has 1 aliphatic heterocycles. The summed E-state index contributed by atoms with van der Waals surface area (Å²) >= 11 is 0.872. The molecule has 0 bridgehead atoms. The monoisotopic (exact) mass is 321 g/mol. The number of thiophene rings is 1. The van der Waals surface area contributed by atoms with Crippen molar-refractivity contribution in [2.45, 2.75) is 10.6 Å². The van der Waals surface area contributed by atoms with Crippen LogP contribution in [-0.2, 0) is 14.8 Å². The van der Waals surface area contributed by atoms with Crippen LogP contribution in [0, 0.1) is 10.1 Å². The van der Waals surface area contributed by atoms with Crippen molar-refractivity contribution in [3.8, 4) is 0 Å². The summed E-state index contributed by atoms with van der Waals surface area (Å²) in [7, 11) is -2.18. The SMILES string of the molecule is CNc1sc(S(=O)(=O)N2CCCOCC2)cc1[N+](=O)[O-]. The van der Waals surface area contributed by atoms with Gasteiger partial charge in [0.1, 0.15) is 4.21 Å². The summed E-state index contributed by atoms with van der Waals surface area (Å²) in [5.74, 6) is 0. The maximum Gasteiger partial charge on any atom is 0.304 e. The van der Waals surface area contributed by atoms with Gasteiger partial charge in [-0.3, -0.25) is 10.1 Å². The largest absolute Gasteiger partial charge is 0.380 e.